The van der Waals surface area contributed by atoms with Gasteiger partial charge < -0.3 is 10.4 Å². The van der Waals surface area contributed by atoms with Gasteiger partial charge in [-0.1, -0.05) is 0 Å². The monoisotopic (exact) mass is 388 g/mol. The van der Waals surface area contributed by atoms with Gasteiger partial charge in [-0.15, -0.1) is 0 Å². The standard InChI is InChI=1S/C18H21BN2O7/c22-8-3-13(20-5-8)17(24)21-6-9(7-21)28-14-2-1-10(11-4-12(11)19-27)16(23)15(14)18(25)26/h1-2,8-9,11-13,20,22-23H,3-7H2,(H,25,26)/t8?,11?,12?,13-/m0/s1. The molecule has 0 spiro atoms. The number of carboxylic acids is 1. The molecule has 1 aromatic rings. The van der Waals surface area contributed by atoms with E-state index in [4.69, 9.17) is 4.74 Å². The van der Waals surface area contributed by atoms with Crippen LogP contribution in [0.1, 0.15) is 34.7 Å². The van der Waals surface area contributed by atoms with Crippen LogP contribution in [0.5, 0.6) is 11.5 Å². The van der Waals surface area contributed by atoms with Crippen LogP contribution < -0.4 is 10.1 Å². The molecule has 148 valence electrons. The topological polar surface area (TPSA) is 136 Å². The summed E-state index contributed by atoms with van der Waals surface area (Å²) in [7, 11) is 0.813. The summed E-state index contributed by atoms with van der Waals surface area (Å²) in [5.41, 5.74) is 0.123. The third-order valence-corrected chi connectivity index (χ3v) is 5.66. The van der Waals surface area contributed by atoms with Gasteiger partial charge in [-0.05, 0) is 6.42 Å². The van der Waals surface area contributed by atoms with Crippen molar-refractivity contribution in [1.82, 2.24) is 10.2 Å². The third-order valence-electron chi connectivity index (χ3n) is 5.66. The Labute approximate surface area is 161 Å². The Kier molecular flexibility index (Phi) is 4.84. The number of aromatic hydroxyl groups is 1. The average Bonchev–Trinajstić information content (AvgIpc) is 3.27. The molecule has 2 saturated heterocycles. The van der Waals surface area contributed by atoms with Crippen LogP contribution in [0, 0.1) is 0 Å². The summed E-state index contributed by atoms with van der Waals surface area (Å²) in [5.74, 6) is -2.08. The number of nitrogens with one attached hydrogen (secondary N) is 1. The summed E-state index contributed by atoms with van der Waals surface area (Å²) >= 11 is 0. The Hall–Kier alpha value is -2.46. The molecule has 4 rings (SSSR count). The van der Waals surface area contributed by atoms with E-state index in [0.29, 0.717) is 38.0 Å². The van der Waals surface area contributed by atoms with Gasteiger partial charge in [0.2, 0.25) is 0 Å². The van der Waals surface area contributed by atoms with Crippen molar-refractivity contribution < 1.29 is 34.4 Å². The molecule has 9 nitrogen and oxygen atoms in total. The van der Waals surface area contributed by atoms with E-state index < -0.39 is 18.1 Å². The number of aliphatic hydroxyl groups is 1. The average molecular weight is 388 g/mol. The van der Waals surface area contributed by atoms with Crippen molar-refractivity contribution >= 4 is 19.0 Å². The number of aromatic carboxylic acids is 1. The molecule has 1 aromatic carbocycles. The molecule has 28 heavy (non-hydrogen) atoms. The Balaban J connectivity index is 1.41. The number of phenols is 1. The minimum absolute atomic E-state index is 0.0450. The predicted octanol–water partition coefficient (Wildman–Crippen LogP) is -0.272. The summed E-state index contributed by atoms with van der Waals surface area (Å²) in [5, 5.41) is 32.4. The van der Waals surface area contributed by atoms with Crippen LogP contribution in [-0.4, -0.2) is 77.1 Å². The third kappa shape index (κ3) is 3.38. The second-order valence-corrected chi connectivity index (χ2v) is 7.66. The fourth-order valence-corrected chi connectivity index (χ4v) is 3.91. The van der Waals surface area contributed by atoms with E-state index in [-0.39, 0.29) is 40.8 Å². The van der Waals surface area contributed by atoms with Crippen LogP contribution in [0.25, 0.3) is 0 Å². The molecule has 1 amide bonds. The molecule has 4 N–H and O–H groups in total. The number of carbonyl (C=O) groups excluding carboxylic acids is 1. The van der Waals surface area contributed by atoms with Crippen molar-refractivity contribution in [3.8, 4) is 11.5 Å². The van der Waals surface area contributed by atoms with E-state index in [1.807, 2.05) is 0 Å². The van der Waals surface area contributed by atoms with Crippen molar-refractivity contribution in [3.05, 3.63) is 23.3 Å². The summed E-state index contributed by atoms with van der Waals surface area (Å²) in [6.45, 7) is 1.01. The van der Waals surface area contributed by atoms with Gasteiger partial charge in [0.15, 0.2) is 0 Å². The van der Waals surface area contributed by atoms with E-state index in [1.165, 1.54) is 6.07 Å². The summed E-state index contributed by atoms with van der Waals surface area (Å²) < 4.78 is 16.6. The zero-order valence-corrected chi connectivity index (χ0v) is 15.1. The molecule has 0 radical (unpaired) electrons. The summed E-state index contributed by atoms with van der Waals surface area (Å²) in [4.78, 5) is 25.6. The number of benzene rings is 1. The second-order valence-electron chi connectivity index (χ2n) is 7.66. The van der Waals surface area contributed by atoms with E-state index in [0.717, 1.165) is 7.15 Å². The Morgan fingerprint density at radius 2 is 2.00 bits per heavy atom. The molecule has 3 unspecified atom stereocenters. The summed E-state index contributed by atoms with van der Waals surface area (Å²) in [6, 6.07) is 2.69. The quantitative estimate of drug-likeness (QED) is 0.489. The number of amides is 1. The minimum atomic E-state index is -1.31. The Bertz CT molecular complexity index is 826. The number of nitrogens with zero attached hydrogens (tertiary/aromatic N) is 1. The van der Waals surface area contributed by atoms with E-state index in [9.17, 15) is 29.6 Å². The van der Waals surface area contributed by atoms with Gasteiger partial charge in [0.05, 0.1) is 6.10 Å². The number of likely N-dealkylation sites (tertiary alicyclic amines) is 1. The molecule has 1 saturated carbocycles. The first-order chi connectivity index (χ1) is 13.4. The molecule has 3 aliphatic rings. The first kappa shape index (κ1) is 18.9. The molecule has 10 heteroatoms. The van der Waals surface area contributed by atoms with Crippen LogP contribution in [0.15, 0.2) is 12.1 Å². The van der Waals surface area contributed by atoms with Gasteiger partial charge in [0.25, 0.3) is 0 Å². The fourth-order valence-electron chi connectivity index (χ4n) is 3.91. The number of β-amino-alcohol motifs (C(OH)–C–C–N with tert-alkyl or cyclic N) is 1. The molecular formula is C18H21BN2O7. The van der Waals surface area contributed by atoms with Crippen molar-refractivity contribution in [3.63, 3.8) is 0 Å². The van der Waals surface area contributed by atoms with Gasteiger partial charge in [-0.25, -0.2) is 0 Å². The molecule has 2 aliphatic heterocycles. The van der Waals surface area contributed by atoms with Crippen LogP contribution >= 0.6 is 0 Å². The molecule has 2 heterocycles. The fraction of sp³-hybridized carbons (Fsp3) is 0.556. The van der Waals surface area contributed by atoms with Crippen molar-refractivity contribution in [2.75, 3.05) is 19.6 Å². The van der Waals surface area contributed by atoms with E-state index in [2.05, 4.69) is 5.32 Å². The molecule has 3 fully saturated rings. The van der Waals surface area contributed by atoms with Gasteiger partial charge in [-0.3, -0.25) is 0 Å². The van der Waals surface area contributed by atoms with Crippen LogP contribution in [0.4, 0.5) is 0 Å². The normalized spacial score (nSPS) is 29.1. The first-order valence-corrected chi connectivity index (χ1v) is 9.30. The van der Waals surface area contributed by atoms with E-state index >= 15 is 0 Å². The number of carbonyl (C=O) groups is 2. The van der Waals surface area contributed by atoms with Crippen LogP contribution in [0.3, 0.4) is 0 Å². The van der Waals surface area contributed by atoms with Gasteiger partial charge in [-0.2, -0.15) is 0 Å². The number of aliphatic hydroxyl groups excluding tert-OH is 1. The molecule has 0 bridgehead atoms. The maximum absolute atomic E-state index is 12.3. The predicted molar refractivity (Wildman–Crippen MR) is 96.0 cm³/mol. The van der Waals surface area contributed by atoms with Gasteiger partial charge in [0, 0.05) is 6.54 Å². The number of carboxylic acid groups (broad SMARTS) is 1. The second kappa shape index (κ2) is 7.18. The SMILES string of the molecule is O=BC1CC1c1ccc(OC2CN(C(=O)[C@@H]3CC(O)CN3)C2)c(C(=O)O)c1O. The van der Waals surface area contributed by atoms with Crippen LogP contribution in [-0.2, 0) is 9.50 Å². The van der Waals surface area contributed by atoms with Crippen LogP contribution in [0.2, 0.25) is 5.82 Å². The maximum atomic E-state index is 12.3. The molecule has 0 aromatic heterocycles. The zero-order chi connectivity index (χ0) is 20.0. The number of hydrogen-bond donors (Lipinski definition) is 4. The Morgan fingerprint density at radius 1 is 1.25 bits per heavy atom. The number of rotatable bonds is 6. The molecule has 4 atom stereocenters. The molecular weight excluding hydrogens is 367 g/mol. The molecule has 1 aliphatic carbocycles. The van der Waals surface area contributed by atoms with Crippen molar-refractivity contribution in [2.24, 2.45) is 0 Å². The van der Waals surface area contributed by atoms with Gasteiger partial charge in [0.1, 0.15) is 0 Å². The van der Waals surface area contributed by atoms with Gasteiger partial charge >= 0.3 is 131 Å². The zero-order valence-electron chi connectivity index (χ0n) is 15.1. The van der Waals surface area contributed by atoms with E-state index in [1.54, 1.807) is 11.0 Å². The van der Waals surface area contributed by atoms with Crippen molar-refractivity contribution in [1.29, 1.82) is 0 Å². The van der Waals surface area contributed by atoms with Crippen molar-refractivity contribution in [2.45, 2.75) is 42.8 Å². The number of ether oxygens (including phenoxy) is 1. The number of hydrogen-bond acceptors (Lipinski definition) is 7. The first-order valence-electron chi connectivity index (χ1n) is 9.30. The Morgan fingerprint density at radius 3 is 2.57 bits per heavy atom. The summed E-state index contributed by atoms with van der Waals surface area (Å²) in [6.07, 6.45) is 0.0804.